The van der Waals surface area contributed by atoms with Gasteiger partial charge >= 0.3 is 6.09 Å². The number of carbonyl (C=O) groups excluding carboxylic acids is 1. The molecule has 10 nitrogen and oxygen atoms in total. The molecule has 2 aliphatic carbocycles. The minimum atomic E-state index is -1.47. The van der Waals surface area contributed by atoms with Gasteiger partial charge in [0.1, 0.15) is 29.9 Å². The molecule has 9 rings (SSSR count). The van der Waals surface area contributed by atoms with Gasteiger partial charge in [0.15, 0.2) is 0 Å². The van der Waals surface area contributed by atoms with Crippen molar-refractivity contribution in [1.82, 2.24) is 4.90 Å². The van der Waals surface area contributed by atoms with Gasteiger partial charge in [-0.05, 0) is 113 Å². The summed E-state index contributed by atoms with van der Waals surface area (Å²) in [4.78, 5) is 23.8. The Labute approximate surface area is 463 Å². The smallest absolute Gasteiger partial charge is 0.410 e. The average molecular weight is 1060 g/mol. The lowest BCUT2D eigenvalue weighted by atomic mass is 9.55. The molecule has 6 aromatic carbocycles. The van der Waals surface area contributed by atoms with Crippen LogP contribution in [0.5, 0.6) is 17.2 Å². The molecule has 0 aromatic heterocycles. The van der Waals surface area contributed by atoms with Crippen LogP contribution in [0.25, 0.3) is 21.5 Å². The van der Waals surface area contributed by atoms with Crippen LogP contribution >= 0.6 is 0 Å². The van der Waals surface area contributed by atoms with Crippen molar-refractivity contribution in [3.63, 3.8) is 0 Å². The van der Waals surface area contributed by atoms with Crippen LogP contribution in [0.1, 0.15) is 139 Å². The number of aliphatic hydroxyl groups is 2. The Kier molecular flexibility index (Phi) is 20.5. The standard InChI is InChI=1S/C68H82N2O8/c1-3-5-6-7-8-9-10-11-12-24-43-74-67(73)70(48-55-33-25-32-52-29-18-19-34-58(52)55)64-47-62(69-76-49-50-26-14-13-15-27-50)60-45-54(31-20-22-40-71)59(35-21-23-41-72)65-61-46-57(77-56-37-36-51-28-16-17-30-53(51)44-56)38-39-63(61)78-68(64,66(60)65)75-42-4-2/h4,13-19,25-30,32-34,36-39,44-46,54,59,64-66,71-72H,2-3,5-12,20-24,31,35,40-43,47-49H2,1H3. The van der Waals surface area contributed by atoms with Crippen LogP contribution in [-0.4, -0.2) is 65.2 Å². The number of benzene rings is 6. The molecule has 0 saturated heterocycles. The van der Waals surface area contributed by atoms with Gasteiger partial charge in [-0.1, -0.05) is 198 Å². The van der Waals surface area contributed by atoms with E-state index in [1.54, 1.807) is 6.08 Å². The van der Waals surface area contributed by atoms with Crippen LogP contribution in [0, 0.1) is 17.8 Å². The first-order valence-corrected chi connectivity index (χ1v) is 29.3. The van der Waals surface area contributed by atoms with Gasteiger partial charge in [-0.15, -0.1) is 6.58 Å². The van der Waals surface area contributed by atoms with Gasteiger partial charge in [-0.3, -0.25) is 4.90 Å². The van der Waals surface area contributed by atoms with Crippen LogP contribution in [0.3, 0.4) is 0 Å². The van der Waals surface area contributed by atoms with E-state index in [-0.39, 0.29) is 57.1 Å². The van der Waals surface area contributed by atoms with Gasteiger partial charge < -0.3 is 34.0 Å². The topological polar surface area (TPSA) is 119 Å². The molecule has 10 heteroatoms. The van der Waals surface area contributed by atoms with Gasteiger partial charge in [0, 0.05) is 31.1 Å². The lowest BCUT2D eigenvalue weighted by molar-refractivity contribution is -0.256. The summed E-state index contributed by atoms with van der Waals surface area (Å²) in [5.41, 5.74) is 4.64. The highest BCUT2D eigenvalue weighted by atomic mass is 16.7. The molecule has 0 radical (unpaired) electrons. The molecule has 1 saturated carbocycles. The van der Waals surface area contributed by atoms with Crippen molar-refractivity contribution >= 4 is 33.3 Å². The molecule has 1 amide bonds. The quantitative estimate of drug-likeness (QED) is 0.0260. The summed E-state index contributed by atoms with van der Waals surface area (Å²) in [5.74, 6) is -0.0519. The molecule has 6 unspecified atom stereocenters. The third-order valence-corrected chi connectivity index (χ3v) is 16.4. The maximum atomic E-state index is 15.5. The zero-order valence-corrected chi connectivity index (χ0v) is 46.0. The Morgan fingerprint density at radius 1 is 0.731 bits per heavy atom. The van der Waals surface area contributed by atoms with Crippen molar-refractivity contribution < 1.29 is 38.8 Å². The number of oxime groups is 1. The summed E-state index contributed by atoms with van der Waals surface area (Å²) in [6.45, 7) is 7.53. The number of fused-ring (bicyclic) bond motifs is 4. The third kappa shape index (κ3) is 13.7. The van der Waals surface area contributed by atoms with E-state index in [1.807, 2.05) is 77.7 Å². The highest BCUT2D eigenvalue weighted by Gasteiger charge is 2.66. The van der Waals surface area contributed by atoms with E-state index in [0.29, 0.717) is 30.9 Å². The molecule has 1 aliphatic heterocycles. The van der Waals surface area contributed by atoms with E-state index in [2.05, 4.69) is 80.2 Å². The molecule has 412 valence electrons. The molecule has 3 aliphatic rings. The van der Waals surface area contributed by atoms with E-state index >= 15 is 4.79 Å². The predicted molar refractivity (Wildman–Crippen MR) is 313 cm³/mol. The van der Waals surface area contributed by atoms with E-state index in [0.717, 1.165) is 100 Å². The SMILES string of the molecule is C=CCOC12Oc3ccc(Oc4ccc5ccccc5c4)cc3C3C(CCCCO)C(CCCCO)C=C(C(=NOCc4ccccc4)CC1N(Cc1cccc4ccccc14)C(=O)OCCCCCCCCCCCC)C32. The number of hydrogen-bond acceptors (Lipinski definition) is 9. The first-order chi connectivity index (χ1) is 38.4. The fourth-order valence-electron chi connectivity index (χ4n) is 12.6. The monoisotopic (exact) mass is 1050 g/mol. The molecule has 6 atom stereocenters. The van der Waals surface area contributed by atoms with Gasteiger partial charge in [0.25, 0.3) is 0 Å². The number of rotatable bonds is 30. The largest absolute Gasteiger partial charge is 0.459 e. The summed E-state index contributed by atoms with van der Waals surface area (Å²) in [7, 11) is 0. The zero-order valence-electron chi connectivity index (χ0n) is 46.0. The maximum absolute atomic E-state index is 15.5. The molecular weight excluding hydrogens is 973 g/mol. The number of nitrogens with zero attached hydrogens (tertiary/aromatic N) is 2. The van der Waals surface area contributed by atoms with Crippen LogP contribution in [0.4, 0.5) is 4.79 Å². The number of amides is 1. The molecule has 6 aromatic rings. The predicted octanol–water partition coefficient (Wildman–Crippen LogP) is 16.2. The van der Waals surface area contributed by atoms with Gasteiger partial charge in [-0.25, -0.2) is 4.79 Å². The van der Waals surface area contributed by atoms with Crippen LogP contribution in [0.15, 0.2) is 163 Å². The van der Waals surface area contributed by atoms with Crippen molar-refractivity contribution in [1.29, 1.82) is 0 Å². The molecule has 1 heterocycles. The van der Waals surface area contributed by atoms with Crippen molar-refractivity contribution in [2.75, 3.05) is 26.4 Å². The average Bonchev–Trinajstić information content (AvgIpc) is 3.02. The Morgan fingerprint density at radius 3 is 2.18 bits per heavy atom. The van der Waals surface area contributed by atoms with Crippen molar-refractivity contribution in [3.05, 3.63) is 174 Å². The molecule has 0 bridgehead atoms. The molecule has 2 N–H and O–H groups in total. The number of aliphatic hydroxyl groups excluding tert-OH is 2. The fourth-order valence-corrected chi connectivity index (χ4v) is 12.6. The Hall–Kier alpha value is -6.46. The fraction of sp³-hybridized carbons (Fsp3) is 0.441. The number of allylic oxidation sites excluding steroid dienone is 1. The molecule has 0 spiro atoms. The van der Waals surface area contributed by atoms with Crippen molar-refractivity contribution in [3.8, 4) is 17.2 Å². The summed E-state index contributed by atoms with van der Waals surface area (Å²) < 4.78 is 28.2. The Balaban J connectivity index is 1.17. The molecular formula is C68H82N2O8. The highest BCUT2D eigenvalue weighted by molar-refractivity contribution is 6.03. The number of carbonyl (C=O) groups is 1. The normalized spacial score (nSPS) is 20.8. The summed E-state index contributed by atoms with van der Waals surface area (Å²) in [6.07, 6.45) is 20.3. The lowest BCUT2D eigenvalue weighted by Gasteiger charge is -2.60. The first kappa shape index (κ1) is 56.3. The highest BCUT2D eigenvalue weighted by Crippen LogP contribution is 2.62. The summed E-state index contributed by atoms with van der Waals surface area (Å²) >= 11 is 0. The Morgan fingerprint density at radius 2 is 1.41 bits per heavy atom. The van der Waals surface area contributed by atoms with Crippen LogP contribution in [0.2, 0.25) is 0 Å². The van der Waals surface area contributed by atoms with E-state index in [4.69, 9.17) is 28.9 Å². The van der Waals surface area contributed by atoms with Gasteiger partial charge in [0.05, 0.1) is 31.4 Å². The molecule has 1 fully saturated rings. The Bertz CT molecular complexity index is 2930. The zero-order chi connectivity index (χ0) is 53.9. The maximum Gasteiger partial charge on any atom is 0.410 e. The van der Waals surface area contributed by atoms with E-state index < -0.39 is 23.8 Å². The van der Waals surface area contributed by atoms with Crippen molar-refractivity contribution in [2.24, 2.45) is 22.9 Å². The van der Waals surface area contributed by atoms with Gasteiger partial charge in [-0.2, -0.15) is 0 Å². The summed E-state index contributed by atoms with van der Waals surface area (Å²) in [5, 5.41) is 29.8. The second-order valence-electron chi connectivity index (χ2n) is 21.7. The van der Waals surface area contributed by atoms with E-state index in [9.17, 15) is 10.2 Å². The lowest BCUT2D eigenvalue weighted by Crippen LogP contribution is -2.70. The summed E-state index contributed by atoms with van der Waals surface area (Å²) in [6, 6.07) is 44.4. The minimum Gasteiger partial charge on any atom is -0.459 e. The van der Waals surface area contributed by atoms with Crippen LogP contribution < -0.4 is 9.47 Å². The van der Waals surface area contributed by atoms with E-state index in [1.165, 1.54) is 44.9 Å². The first-order valence-electron chi connectivity index (χ1n) is 29.3. The minimum absolute atomic E-state index is 0.0364. The second-order valence-corrected chi connectivity index (χ2v) is 21.7. The number of ether oxygens (including phenoxy) is 4. The third-order valence-electron chi connectivity index (χ3n) is 16.4. The second kappa shape index (κ2) is 28.4. The number of hydrogen-bond donors (Lipinski definition) is 2. The van der Waals surface area contributed by atoms with Crippen molar-refractivity contribution in [2.45, 2.75) is 147 Å². The number of unbranched alkanes of at least 4 members (excludes halogenated alkanes) is 11. The van der Waals surface area contributed by atoms with Crippen LogP contribution in [-0.2, 0) is 27.5 Å². The van der Waals surface area contributed by atoms with Gasteiger partial charge in [0.2, 0.25) is 5.79 Å². The molecule has 78 heavy (non-hydrogen) atoms.